The molecule has 0 aromatic heterocycles. The van der Waals surface area contributed by atoms with Crippen LogP contribution in [0.4, 0.5) is 0 Å². The highest BCUT2D eigenvalue weighted by Crippen LogP contribution is 2.18. The highest BCUT2D eigenvalue weighted by atomic mass is 16.6. The van der Waals surface area contributed by atoms with Crippen LogP contribution in [0, 0.1) is 0 Å². The largest absolute Gasteiger partial charge is 0.479 e. The van der Waals surface area contributed by atoms with Gasteiger partial charge in [0.2, 0.25) is 0 Å². The zero-order valence-electron chi connectivity index (χ0n) is 20.2. The van der Waals surface area contributed by atoms with Gasteiger partial charge in [0, 0.05) is 6.92 Å². The van der Waals surface area contributed by atoms with Gasteiger partial charge in [0.05, 0.1) is 6.61 Å². The molecule has 0 heterocycles. The number of benzene rings is 1. The number of carbonyl (C=O) groups excluding carboxylic acids is 1. The zero-order valence-corrected chi connectivity index (χ0v) is 20.2. The first kappa shape index (κ1) is 28.2. The Balaban J connectivity index is 2.24. The first-order valence-corrected chi connectivity index (χ1v) is 12.6. The van der Waals surface area contributed by atoms with E-state index in [9.17, 15) is 14.7 Å². The molecule has 32 heavy (non-hydrogen) atoms. The van der Waals surface area contributed by atoms with Crippen molar-refractivity contribution in [3.63, 3.8) is 0 Å². The maximum absolute atomic E-state index is 11.8. The van der Waals surface area contributed by atoms with E-state index in [0.29, 0.717) is 6.42 Å². The number of hydrogen-bond donors (Lipinski definition) is 1. The summed E-state index contributed by atoms with van der Waals surface area (Å²) in [7, 11) is 0. The van der Waals surface area contributed by atoms with Gasteiger partial charge in [0.25, 0.3) is 0 Å². The van der Waals surface area contributed by atoms with Gasteiger partial charge in [0.15, 0.2) is 6.10 Å². The van der Waals surface area contributed by atoms with Gasteiger partial charge in [-0.15, -0.1) is 0 Å². The lowest BCUT2D eigenvalue weighted by Crippen LogP contribution is -2.39. The van der Waals surface area contributed by atoms with Crippen LogP contribution in [0.15, 0.2) is 30.3 Å². The van der Waals surface area contributed by atoms with Crippen LogP contribution in [0.2, 0.25) is 0 Å². The fourth-order valence-corrected chi connectivity index (χ4v) is 3.95. The quantitative estimate of drug-likeness (QED) is 0.171. The van der Waals surface area contributed by atoms with Crippen molar-refractivity contribution >= 4 is 11.9 Å². The molecule has 0 saturated carbocycles. The molecule has 2 atom stereocenters. The van der Waals surface area contributed by atoms with E-state index >= 15 is 0 Å². The maximum atomic E-state index is 11.8. The summed E-state index contributed by atoms with van der Waals surface area (Å²) < 4.78 is 11.0. The third kappa shape index (κ3) is 14.2. The molecule has 0 aliphatic rings. The average molecular weight is 449 g/mol. The Labute approximate surface area is 194 Å². The van der Waals surface area contributed by atoms with Gasteiger partial charge in [-0.3, -0.25) is 4.79 Å². The Hall–Kier alpha value is -1.88. The summed E-state index contributed by atoms with van der Waals surface area (Å²) >= 11 is 0. The van der Waals surface area contributed by atoms with E-state index < -0.39 is 24.1 Å². The van der Waals surface area contributed by atoms with Crippen LogP contribution in [0.25, 0.3) is 0 Å². The molecule has 0 amide bonds. The Bertz CT molecular complexity index is 601. The molecule has 0 fully saturated rings. The summed E-state index contributed by atoms with van der Waals surface area (Å²) in [4.78, 5) is 23.3. The molecule has 0 aliphatic carbocycles. The van der Waals surface area contributed by atoms with Crippen molar-refractivity contribution in [1.82, 2.24) is 0 Å². The van der Waals surface area contributed by atoms with Gasteiger partial charge >= 0.3 is 11.9 Å². The predicted octanol–water partition coefficient (Wildman–Crippen LogP) is 7.07. The molecule has 1 N–H and O–H groups in total. The summed E-state index contributed by atoms with van der Waals surface area (Å²) in [6.45, 7) is 3.74. The Morgan fingerprint density at radius 1 is 0.812 bits per heavy atom. The van der Waals surface area contributed by atoms with E-state index in [2.05, 4.69) is 6.92 Å². The van der Waals surface area contributed by atoms with Gasteiger partial charge in [-0.25, -0.2) is 4.79 Å². The van der Waals surface area contributed by atoms with Crippen LogP contribution in [-0.4, -0.2) is 29.3 Å². The number of unbranched alkanes of at least 4 members (excludes halogenated alkanes) is 12. The van der Waals surface area contributed by atoms with E-state index in [4.69, 9.17) is 9.47 Å². The molecule has 5 heteroatoms. The Kier molecular flexibility index (Phi) is 16.4. The summed E-state index contributed by atoms with van der Waals surface area (Å²) in [5.74, 6) is -1.57. The second kappa shape index (κ2) is 18.7. The molecule has 0 radical (unpaired) electrons. The van der Waals surface area contributed by atoms with Crippen LogP contribution >= 0.6 is 0 Å². The molecule has 0 aliphatic heterocycles. The van der Waals surface area contributed by atoms with Crippen LogP contribution in [-0.2, 0) is 25.7 Å². The second-order valence-corrected chi connectivity index (χ2v) is 8.73. The number of aliphatic carboxylic acids is 1. The number of carboxylic acid groups (broad SMARTS) is 1. The van der Waals surface area contributed by atoms with Crippen molar-refractivity contribution in [2.45, 2.75) is 123 Å². The third-order valence-corrected chi connectivity index (χ3v) is 5.76. The predicted molar refractivity (Wildman–Crippen MR) is 129 cm³/mol. The molecule has 1 aromatic rings. The van der Waals surface area contributed by atoms with Crippen LogP contribution in [0.5, 0.6) is 0 Å². The monoisotopic (exact) mass is 448 g/mol. The van der Waals surface area contributed by atoms with E-state index in [-0.39, 0.29) is 6.61 Å². The number of esters is 1. The van der Waals surface area contributed by atoms with E-state index in [0.717, 1.165) is 24.8 Å². The van der Waals surface area contributed by atoms with Gasteiger partial charge in [-0.2, -0.15) is 0 Å². The third-order valence-electron chi connectivity index (χ3n) is 5.76. The van der Waals surface area contributed by atoms with Crippen molar-refractivity contribution in [1.29, 1.82) is 0 Å². The lowest BCUT2D eigenvalue weighted by Gasteiger charge is -2.24. The van der Waals surface area contributed by atoms with Gasteiger partial charge in [-0.1, -0.05) is 114 Å². The van der Waals surface area contributed by atoms with E-state index in [1.807, 2.05) is 30.3 Å². The number of rotatable bonds is 20. The van der Waals surface area contributed by atoms with Gasteiger partial charge in [-0.05, 0) is 18.4 Å². The minimum absolute atomic E-state index is 0.175. The lowest BCUT2D eigenvalue weighted by molar-refractivity contribution is -0.171. The number of carboxylic acids is 1. The van der Waals surface area contributed by atoms with Crippen LogP contribution < -0.4 is 0 Å². The molecule has 1 aromatic carbocycles. The van der Waals surface area contributed by atoms with Crippen molar-refractivity contribution in [2.75, 3.05) is 0 Å². The minimum Gasteiger partial charge on any atom is -0.479 e. The molecular weight excluding hydrogens is 404 g/mol. The summed E-state index contributed by atoms with van der Waals surface area (Å²) in [6, 6.07) is 9.42. The summed E-state index contributed by atoms with van der Waals surface area (Å²) in [6.07, 6.45) is 14.8. The fraction of sp³-hybridized carbons (Fsp3) is 0.704. The van der Waals surface area contributed by atoms with Crippen molar-refractivity contribution in [3.05, 3.63) is 35.9 Å². The summed E-state index contributed by atoms with van der Waals surface area (Å²) in [5.41, 5.74) is 0.890. The van der Waals surface area contributed by atoms with Crippen molar-refractivity contribution in [3.8, 4) is 0 Å². The Morgan fingerprint density at radius 2 is 1.31 bits per heavy atom. The number of ether oxygens (including phenoxy) is 2. The lowest BCUT2D eigenvalue weighted by atomic mass is 10.0. The maximum Gasteiger partial charge on any atom is 0.336 e. The first-order valence-electron chi connectivity index (χ1n) is 12.6. The van der Waals surface area contributed by atoms with E-state index in [1.165, 1.54) is 71.1 Å². The zero-order chi connectivity index (χ0) is 23.4. The molecule has 0 saturated heterocycles. The minimum atomic E-state index is -1.16. The van der Waals surface area contributed by atoms with Crippen molar-refractivity contribution in [2.24, 2.45) is 0 Å². The van der Waals surface area contributed by atoms with Gasteiger partial charge < -0.3 is 14.6 Å². The molecule has 0 spiro atoms. The smallest absolute Gasteiger partial charge is 0.336 e. The number of hydrogen-bond acceptors (Lipinski definition) is 4. The average Bonchev–Trinajstić information content (AvgIpc) is 2.77. The molecule has 182 valence electrons. The van der Waals surface area contributed by atoms with Crippen molar-refractivity contribution < 1.29 is 24.2 Å². The Morgan fingerprint density at radius 3 is 1.78 bits per heavy atom. The molecule has 2 unspecified atom stereocenters. The normalized spacial score (nSPS) is 12.9. The highest BCUT2D eigenvalue weighted by molar-refractivity contribution is 5.74. The van der Waals surface area contributed by atoms with Gasteiger partial charge in [0.1, 0.15) is 6.10 Å². The SMILES string of the molecule is CCCCCCCCCCCCCCCC(OC(C)=O)C(OCc1ccccc1)C(=O)O. The van der Waals surface area contributed by atoms with Crippen LogP contribution in [0.3, 0.4) is 0 Å². The highest BCUT2D eigenvalue weighted by Gasteiger charge is 2.31. The molecule has 1 rings (SSSR count). The molecule has 0 bridgehead atoms. The standard InChI is InChI=1S/C27H44O5/c1-3-4-5-6-7-8-9-10-11-12-13-14-18-21-25(32-23(2)28)26(27(29)30)31-22-24-19-16-15-17-20-24/h15-17,19-20,25-26H,3-14,18,21-22H2,1-2H3,(H,29,30). The number of carbonyl (C=O) groups is 2. The summed E-state index contributed by atoms with van der Waals surface area (Å²) in [5, 5.41) is 9.62. The van der Waals surface area contributed by atoms with Crippen LogP contribution in [0.1, 0.15) is 109 Å². The van der Waals surface area contributed by atoms with E-state index in [1.54, 1.807) is 0 Å². The second-order valence-electron chi connectivity index (χ2n) is 8.73. The molecular formula is C27H44O5. The molecule has 5 nitrogen and oxygen atoms in total. The fourth-order valence-electron chi connectivity index (χ4n) is 3.95. The first-order chi connectivity index (χ1) is 15.5. The topological polar surface area (TPSA) is 72.8 Å².